The first-order valence-electron chi connectivity index (χ1n) is 6.81. The molecular weight excluding hydrogens is 346 g/mol. The number of ether oxygens (including phenoxy) is 2. The fourth-order valence-corrected chi connectivity index (χ4v) is 4.05. The molecule has 1 aromatic carbocycles. The highest BCUT2D eigenvalue weighted by Crippen LogP contribution is 2.24. The number of carbonyl (C=O) groups excluding carboxylic acids is 2. The van der Waals surface area contributed by atoms with Crippen molar-refractivity contribution in [2.75, 3.05) is 25.2 Å². The van der Waals surface area contributed by atoms with Gasteiger partial charge in [0, 0.05) is 11.1 Å². The summed E-state index contributed by atoms with van der Waals surface area (Å²) in [4.78, 5) is 23.5. The summed E-state index contributed by atoms with van der Waals surface area (Å²) >= 11 is 5.85. The number of amides is 1. The Kier molecular flexibility index (Phi) is 5.48. The number of rotatable bonds is 5. The Bertz CT molecular complexity index is 718. The van der Waals surface area contributed by atoms with Gasteiger partial charge in [-0.1, -0.05) is 11.6 Å². The van der Waals surface area contributed by atoms with Crippen LogP contribution in [0.15, 0.2) is 18.2 Å². The van der Waals surface area contributed by atoms with Crippen LogP contribution in [0.1, 0.15) is 16.8 Å². The normalized spacial score (nSPS) is 19.1. The van der Waals surface area contributed by atoms with Crippen molar-refractivity contribution in [3.05, 3.63) is 28.8 Å². The smallest absolute Gasteiger partial charge is 0.341 e. The van der Waals surface area contributed by atoms with Crippen LogP contribution in [0.25, 0.3) is 0 Å². The van der Waals surface area contributed by atoms with E-state index >= 15 is 0 Å². The largest absolute Gasteiger partial charge is 0.483 e. The van der Waals surface area contributed by atoms with E-state index in [0.717, 1.165) is 0 Å². The Labute approximate surface area is 138 Å². The molecule has 1 aromatic rings. The quantitative estimate of drug-likeness (QED) is 0.779. The molecule has 0 radical (unpaired) electrons. The molecular formula is C14H16ClNO6S. The first-order valence-corrected chi connectivity index (χ1v) is 9.01. The van der Waals surface area contributed by atoms with Gasteiger partial charge < -0.3 is 14.8 Å². The molecule has 0 unspecified atom stereocenters. The van der Waals surface area contributed by atoms with Crippen LogP contribution in [-0.4, -0.2) is 51.6 Å². The lowest BCUT2D eigenvalue weighted by molar-refractivity contribution is -0.123. The number of hydrogen-bond donors (Lipinski definition) is 1. The lowest BCUT2D eigenvalue weighted by Crippen LogP contribution is -2.38. The maximum atomic E-state index is 11.8. The van der Waals surface area contributed by atoms with Crippen LogP contribution >= 0.6 is 11.6 Å². The minimum atomic E-state index is -3.07. The van der Waals surface area contributed by atoms with Crippen molar-refractivity contribution in [2.24, 2.45) is 0 Å². The van der Waals surface area contributed by atoms with Gasteiger partial charge in [-0.05, 0) is 24.6 Å². The first-order chi connectivity index (χ1) is 10.8. The summed E-state index contributed by atoms with van der Waals surface area (Å²) in [7, 11) is -1.84. The summed E-state index contributed by atoms with van der Waals surface area (Å²) in [5, 5.41) is 2.93. The molecule has 1 amide bonds. The van der Waals surface area contributed by atoms with Gasteiger partial charge in [0.15, 0.2) is 16.4 Å². The van der Waals surface area contributed by atoms with E-state index in [1.54, 1.807) is 0 Å². The molecule has 1 fully saturated rings. The number of halogens is 1. The summed E-state index contributed by atoms with van der Waals surface area (Å²) in [6, 6.07) is 3.94. The molecule has 7 nitrogen and oxygen atoms in total. The number of carbonyl (C=O) groups is 2. The van der Waals surface area contributed by atoms with Crippen molar-refractivity contribution in [1.29, 1.82) is 0 Å². The van der Waals surface area contributed by atoms with Gasteiger partial charge in [0.05, 0.1) is 18.6 Å². The van der Waals surface area contributed by atoms with Crippen molar-refractivity contribution in [3.63, 3.8) is 0 Å². The van der Waals surface area contributed by atoms with E-state index in [9.17, 15) is 18.0 Å². The molecule has 0 saturated carbocycles. The molecule has 1 saturated heterocycles. The Hall–Kier alpha value is -1.80. The van der Waals surface area contributed by atoms with E-state index < -0.39 is 27.8 Å². The minimum Gasteiger partial charge on any atom is -0.483 e. The number of nitrogens with one attached hydrogen (secondary N) is 1. The highest BCUT2D eigenvalue weighted by atomic mass is 35.5. The molecule has 1 atom stereocenters. The fraction of sp³-hybridized carbons (Fsp3) is 0.429. The van der Waals surface area contributed by atoms with Crippen molar-refractivity contribution in [2.45, 2.75) is 12.5 Å². The average molecular weight is 362 g/mol. The van der Waals surface area contributed by atoms with Crippen LogP contribution in [0.2, 0.25) is 5.02 Å². The second-order valence-corrected chi connectivity index (χ2v) is 7.75. The highest BCUT2D eigenvalue weighted by molar-refractivity contribution is 7.91. The Morgan fingerprint density at radius 3 is 2.74 bits per heavy atom. The summed E-state index contributed by atoms with van der Waals surface area (Å²) in [6.07, 6.45) is 0.388. The summed E-state index contributed by atoms with van der Waals surface area (Å²) in [6.45, 7) is -0.360. The predicted molar refractivity (Wildman–Crippen MR) is 83.5 cm³/mol. The van der Waals surface area contributed by atoms with Gasteiger partial charge in [-0.3, -0.25) is 4.79 Å². The third-order valence-electron chi connectivity index (χ3n) is 3.31. The summed E-state index contributed by atoms with van der Waals surface area (Å²) in [5.74, 6) is -0.955. The molecule has 1 aliphatic heterocycles. The number of hydrogen-bond acceptors (Lipinski definition) is 6. The SMILES string of the molecule is COC(=O)c1ccc(Cl)cc1OCC(=O)N[C@@H]1CCS(=O)(=O)C1. The van der Waals surface area contributed by atoms with Crippen molar-refractivity contribution in [3.8, 4) is 5.75 Å². The van der Waals surface area contributed by atoms with E-state index in [-0.39, 0.29) is 29.4 Å². The molecule has 126 valence electrons. The maximum absolute atomic E-state index is 11.8. The van der Waals surface area contributed by atoms with E-state index in [1.165, 1.54) is 25.3 Å². The molecule has 9 heteroatoms. The Balaban J connectivity index is 1.96. The Morgan fingerprint density at radius 2 is 2.13 bits per heavy atom. The highest BCUT2D eigenvalue weighted by Gasteiger charge is 2.29. The lowest BCUT2D eigenvalue weighted by atomic mass is 10.2. The van der Waals surface area contributed by atoms with Crippen molar-refractivity contribution >= 4 is 33.3 Å². The molecule has 2 rings (SSSR count). The van der Waals surface area contributed by atoms with Gasteiger partial charge in [-0.25, -0.2) is 13.2 Å². The summed E-state index contributed by atoms with van der Waals surface area (Å²) in [5.41, 5.74) is 0.146. The summed E-state index contributed by atoms with van der Waals surface area (Å²) < 4.78 is 32.6. The monoisotopic (exact) mass is 361 g/mol. The third kappa shape index (κ3) is 4.84. The number of benzene rings is 1. The fourth-order valence-electron chi connectivity index (χ4n) is 2.22. The van der Waals surface area contributed by atoms with E-state index in [0.29, 0.717) is 11.4 Å². The Morgan fingerprint density at radius 1 is 1.39 bits per heavy atom. The van der Waals surface area contributed by atoms with E-state index in [1.807, 2.05) is 0 Å². The van der Waals surface area contributed by atoms with Gasteiger partial charge in [0.2, 0.25) is 0 Å². The molecule has 0 spiro atoms. The van der Waals surface area contributed by atoms with E-state index in [2.05, 4.69) is 10.1 Å². The van der Waals surface area contributed by atoms with Gasteiger partial charge in [0.25, 0.3) is 5.91 Å². The topological polar surface area (TPSA) is 98.8 Å². The molecule has 1 aliphatic rings. The number of esters is 1. The average Bonchev–Trinajstić information content (AvgIpc) is 2.83. The number of methoxy groups -OCH3 is 1. The van der Waals surface area contributed by atoms with Crippen LogP contribution in [-0.2, 0) is 19.4 Å². The number of sulfone groups is 1. The first kappa shape index (κ1) is 17.6. The van der Waals surface area contributed by atoms with Crippen molar-refractivity contribution < 1.29 is 27.5 Å². The zero-order valence-corrected chi connectivity index (χ0v) is 13.9. The van der Waals surface area contributed by atoms with Crippen LogP contribution in [0.5, 0.6) is 5.75 Å². The zero-order valence-electron chi connectivity index (χ0n) is 12.4. The second-order valence-electron chi connectivity index (χ2n) is 5.09. The van der Waals surface area contributed by atoms with E-state index in [4.69, 9.17) is 16.3 Å². The van der Waals surface area contributed by atoms with Crippen molar-refractivity contribution in [1.82, 2.24) is 5.32 Å². The van der Waals surface area contributed by atoms with Gasteiger partial charge >= 0.3 is 5.97 Å². The molecule has 1 heterocycles. The molecule has 23 heavy (non-hydrogen) atoms. The van der Waals surface area contributed by atoms with Gasteiger partial charge in [-0.2, -0.15) is 0 Å². The predicted octanol–water partition coefficient (Wildman–Crippen LogP) is 0.809. The van der Waals surface area contributed by atoms with Crippen LogP contribution in [0.3, 0.4) is 0 Å². The second kappa shape index (κ2) is 7.18. The molecule has 0 aliphatic carbocycles. The van der Waals surface area contributed by atoms with Gasteiger partial charge in [0.1, 0.15) is 11.3 Å². The molecule has 1 N–H and O–H groups in total. The third-order valence-corrected chi connectivity index (χ3v) is 5.31. The van der Waals surface area contributed by atoms with Crippen LogP contribution < -0.4 is 10.1 Å². The lowest BCUT2D eigenvalue weighted by Gasteiger charge is -2.13. The van der Waals surface area contributed by atoms with Gasteiger partial charge in [-0.15, -0.1) is 0 Å². The van der Waals surface area contributed by atoms with Crippen LogP contribution in [0.4, 0.5) is 0 Å². The molecule has 0 aromatic heterocycles. The minimum absolute atomic E-state index is 0.0662. The maximum Gasteiger partial charge on any atom is 0.341 e. The standard InChI is InChI=1S/C14H16ClNO6S/c1-21-14(18)11-3-2-9(15)6-12(11)22-7-13(17)16-10-4-5-23(19,20)8-10/h2-3,6,10H,4-5,7-8H2,1H3,(H,16,17)/t10-/m1/s1. The molecule has 0 bridgehead atoms. The zero-order chi connectivity index (χ0) is 17.0. The van der Waals surface area contributed by atoms with Crippen LogP contribution in [0, 0.1) is 0 Å².